The van der Waals surface area contributed by atoms with Crippen molar-refractivity contribution >= 4 is 33.1 Å². The minimum atomic E-state index is 0.715. The van der Waals surface area contributed by atoms with Crippen LogP contribution >= 0.6 is 27.3 Å². The van der Waals surface area contributed by atoms with Crippen LogP contribution in [-0.2, 0) is 6.54 Å². The molecule has 0 unspecified atom stereocenters. The first kappa shape index (κ1) is 10.6. The fraction of sp³-hybridized carbons (Fsp3) is 0.200. The molecule has 78 valence electrons. The third-order valence-electron chi connectivity index (χ3n) is 1.97. The Labute approximate surface area is 101 Å². The van der Waals surface area contributed by atoms with Gasteiger partial charge in [0.05, 0.1) is 11.0 Å². The Kier molecular flexibility index (Phi) is 3.33. The maximum Gasteiger partial charge on any atom is 0.140 e. The van der Waals surface area contributed by atoms with Crippen LogP contribution in [0.25, 0.3) is 0 Å². The van der Waals surface area contributed by atoms with Crippen molar-refractivity contribution in [2.45, 2.75) is 13.5 Å². The molecule has 0 saturated heterocycles. The van der Waals surface area contributed by atoms with Crippen LogP contribution in [0.15, 0.2) is 28.3 Å². The number of hydrogen-bond donors (Lipinski definition) is 1. The molecule has 0 aliphatic rings. The van der Waals surface area contributed by atoms with Crippen LogP contribution in [0.1, 0.15) is 10.6 Å². The summed E-state index contributed by atoms with van der Waals surface area (Å²) >= 11 is 5.14. The van der Waals surface area contributed by atoms with E-state index < -0.39 is 0 Å². The first-order chi connectivity index (χ1) is 7.27. The van der Waals surface area contributed by atoms with E-state index in [1.807, 2.05) is 18.4 Å². The first-order valence-corrected chi connectivity index (χ1v) is 6.18. The molecule has 0 radical (unpaired) electrons. The Bertz CT molecular complexity index is 442. The highest BCUT2D eigenvalue weighted by Crippen LogP contribution is 2.23. The molecule has 0 fully saturated rings. The number of pyridine rings is 1. The van der Waals surface area contributed by atoms with Gasteiger partial charge in [-0.15, -0.1) is 11.3 Å². The zero-order chi connectivity index (χ0) is 10.7. The zero-order valence-electron chi connectivity index (χ0n) is 8.20. The van der Waals surface area contributed by atoms with Crippen LogP contribution in [0.4, 0.5) is 5.82 Å². The smallest absolute Gasteiger partial charge is 0.140 e. The number of thiazole rings is 1. The molecule has 2 rings (SSSR count). The van der Waals surface area contributed by atoms with E-state index in [-0.39, 0.29) is 0 Å². The number of nitrogens with one attached hydrogen (secondary N) is 1. The summed E-state index contributed by atoms with van der Waals surface area (Å²) in [5, 5.41) is 6.27. The molecule has 0 saturated carbocycles. The lowest BCUT2D eigenvalue weighted by Crippen LogP contribution is -2.02. The summed E-state index contributed by atoms with van der Waals surface area (Å²) < 4.78 is 1.02. The predicted molar refractivity (Wildman–Crippen MR) is 66.1 cm³/mol. The van der Waals surface area contributed by atoms with Gasteiger partial charge in [0, 0.05) is 17.8 Å². The monoisotopic (exact) mass is 283 g/mol. The second kappa shape index (κ2) is 4.72. The molecule has 1 N–H and O–H groups in total. The number of nitrogens with zero attached hydrogens (tertiary/aromatic N) is 2. The molecule has 0 aromatic carbocycles. The van der Waals surface area contributed by atoms with Gasteiger partial charge in [0.1, 0.15) is 10.8 Å². The summed E-state index contributed by atoms with van der Waals surface area (Å²) in [7, 11) is 0. The van der Waals surface area contributed by atoms with Gasteiger partial charge in [-0.25, -0.2) is 9.97 Å². The number of halogens is 1. The van der Waals surface area contributed by atoms with Crippen molar-refractivity contribution in [3.63, 3.8) is 0 Å². The van der Waals surface area contributed by atoms with Crippen molar-refractivity contribution in [3.05, 3.63) is 38.9 Å². The number of rotatable bonds is 3. The van der Waals surface area contributed by atoms with Crippen molar-refractivity contribution in [1.29, 1.82) is 0 Å². The van der Waals surface area contributed by atoms with E-state index in [0.717, 1.165) is 15.3 Å². The van der Waals surface area contributed by atoms with Crippen molar-refractivity contribution < 1.29 is 0 Å². The van der Waals surface area contributed by atoms with E-state index >= 15 is 0 Å². The quantitative estimate of drug-likeness (QED) is 0.940. The lowest BCUT2D eigenvalue weighted by molar-refractivity contribution is 1.07. The standard InChI is InChI=1S/C10H10BrN3S/c1-7-2-3-13-10(9(7)11)14-6-8-12-4-5-15-8/h2-5H,6H2,1H3,(H,13,14). The van der Waals surface area contributed by atoms with Gasteiger partial charge >= 0.3 is 0 Å². The maximum atomic E-state index is 4.26. The van der Waals surface area contributed by atoms with Crippen LogP contribution in [-0.4, -0.2) is 9.97 Å². The third kappa shape index (κ3) is 2.54. The average molecular weight is 284 g/mol. The predicted octanol–water partition coefficient (Wildman–Crippen LogP) is 3.22. The first-order valence-electron chi connectivity index (χ1n) is 4.50. The van der Waals surface area contributed by atoms with E-state index in [1.165, 1.54) is 5.56 Å². The molecule has 0 atom stereocenters. The maximum absolute atomic E-state index is 4.26. The molecule has 5 heteroatoms. The lowest BCUT2D eigenvalue weighted by Gasteiger charge is -2.07. The van der Waals surface area contributed by atoms with Crippen LogP contribution in [0, 0.1) is 6.92 Å². The van der Waals surface area contributed by atoms with Gasteiger partial charge in [-0.2, -0.15) is 0 Å². The van der Waals surface area contributed by atoms with Gasteiger partial charge in [-0.1, -0.05) is 0 Å². The summed E-state index contributed by atoms with van der Waals surface area (Å²) in [5.41, 5.74) is 1.17. The van der Waals surface area contributed by atoms with Gasteiger partial charge in [-0.3, -0.25) is 0 Å². The minimum Gasteiger partial charge on any atom is -0.363 e. The van der Waals surface area contributed by atoms with E-state index in [0.29, 0.717) is 6.54 Å². The molecule has 15 heavy (non-hydrogen) atoms. The minimum absolute atomic E-state index is 0.715. The second-order valence-electron chi connectivity index (χ2n) is 3.07. The Morgan fingerprint density at radius 3 is 3.00 bits per heavy atom. The fourth-order valence-corrected chi connectivity index (χ4v) is 2.09. The van der Waals surface area contributed by atoms with Crippen molar-refractivity contribution in [1.82, 2.24) is 9.97 Å². The summed E-state index contributed by atoms with van der Waals surface area (Å²) in [6.07, 6.45) is 3.60. The summed E-state index contributed by atoms with van der Waals surface area (Å²) in [4.78, 5) is 8.45. The molecule has 2 aromatic heterocycles. The fourth-order valence-electron chi connectivity index (χ4n) is 1.16. The molecule has 0 bridgehead atoms. The molecule has 2 heterocycles. The van der Waals surface area contributed by atoms with E-state index in [9.17, 15) is 0 Å². The van der Waals surface area contributed by atoms with Gasteiger partial charge in [0.25, 0.3) is 0 Å². The number of anilines is 1. The molecule has 0 aliphatic heterocycles. The molecule has 0 aliphatic carbocycles. The van der Waals surface area contributed by atoms with Gasteiger partial charge in [0.15, 0.2) is 0 Å². The largest absolute Gasteiger partial charge is 0.363 e. The van der Waals surface area contributed by atoms with Gasteiger partial charge in [-0.05, 0) is 34.5 Å². The highest BCUT2D eigenvalue weighted by molar-refractivity contribution is 9.10. The van der Waals surface area contributed by atoms with E-state index in [2.05, 4.69) is 31.2 Å². The molecule has 2 aromatic rings. The highest BCUT2D eigenvalue weighted by Gasteiger charge is 2.03. The number of aromatic nitrogens is 2. The Hall–Kier alpha value is -0.940. The molecular weight excluding hydrogens is 274 g/mol. The van der Waals surface area contributed by atoms with Gasteiger partial charge < -0.3 is 5.32 Å². The van der Waals surface area contributed by atoms with Crippen LogP contribution < -0.4 is 5.32 Å². The van der Waals surface area contributed by atoms with Crippen molar-refractivity contribution in [3.8, 4) is 0 Å². The lowest BCUT2D eigenvalue weighted by atomic mass is 10.3. The normalized spacial score (nSPS) is 10.3. The van der Waals surface area contributed by atoms with Crippen LogP contribution in [0.2, 0.25) is 0 Å². The molecule has 0 spiro atoms. The zero-order valence-corrected chi connectivity index (χ0v) is 10.6. The summed E-state index contributed by atoms with van der Waals surface area (Å²) in [6.45, 7) is 2.76. The van der Waals surface area contributed by atoms with Crippen molar-refractivity contribution in [2.24, 2.45) is 0 Å². The third-order valence-corrected chi connectivity index (χ3v) is 3.75. The highest BCUT2D eigenvalue weighted by atomic mass is 79.9. The van der Waals surface area contributed by atoms with Crippen molar-refractivity contribution in [2.75, 3.05) is 5.32 Å². The Morgan fingerprint density at radius 2 is 2.27 bits per heavy atom. The van der Waals surface area contributed by atoms with Crippen LogP contribution in [0.3, 0.4) is 0 Å². The molecular formula is C10H10BrN3S. The number of aryl methyl sites for hydroxylation is 1. The average Bonchev–Trinajstić information content (AvgIpc) is 2.73. The van der Waals surface area contributed by atoms with E-state index in [4.69, 9.17) is 0 Å². The number of hydrogen-bond acceptors (Lipinski definition) is 4. The van der Waals surface area contributed by atoms with E-state index in [1.54, 1.807) is 23.7 Å². The Balaban J connectivity index is 2.08. The molecule has 0 amide bonds. The topological polar surface area (TPSA) is 37.8 Å². The second-order valence-corrected chi connectivity index (χ2v) is 4.84. The molecule has 3 nitrogen and oxygen atoms in total. The SMILES string of the molecule is Cc1ccnc(NCc2nccs2)c1Br. The van der Waals surface area contributed by atoms with Crippen LogP contribution in [0.5, 0.6) is 0 Å². The summed E-state index contributed by atoms with van der Waals surface area (Å²) in [5.74, 6) is 0.866. The Morgan fingerprint density at radius 1 is 1.40 bits per heavy atom. The summed E-state index contributed by atoms with van der Waals surface area (Å²) in [6, 6.07) is 1.97. The van der Waals surface area contributed by atoms with Gasteiger partial charge in [0.2, 0.25) is 0 Å².